The number of aromatic nitrogens is 1. The van der Waals surface area contributed by atoms with Crippen molar-refractivity contribution in [2.75, 3.05) is 6.54 Å². The monoisotopic (exact) mass is 276 g/mol. The summed E-state index contributed by atoms with van der Waals surface area (Å²) in [4.78, 5) is 12.0. The van der Waals surface area contributed by atoms with E-state index in [1.807, 2.05) is 10.6 Å². The normalized spacial score (nSPS) is 15.6. The van der Waals surface area contributed by atoms with Gasteiger partial charge in [0, 0.05) is 30.9 Å². The topological polar surface area (TPSA) is 34.0 Å². The van der Waals surface area contributed by atoms with Crippen LogP contribution in [0.2, 0.25) is 0 Å². The van der Waals surface area contributed by atoms with Gasteiger partial charge in [-0.15, -0.1) is 0 Å². The molecule has 1 N–H and O–H groups in total. The Bertz CT molecular complexity index is 490. The highest BCUT2D eigenvalue weighted by Gasteiger charge is 2.15. The van der Waals surface area contributed by atoms with Gasteiger partial charge in [-0.1, -0.05) is 19.9 Å². The summed E-state index contributed by atoms with van der Waals surface area (Å²) in [6.07, 6.45) is 5.85. The van der Waals surface area contributed by atoms with Gasteiger partial charge in [-0.25, -0.2) is 0 Å². The number of rotatable bonds is 7. The number of nitrogens with one attached hydrogen (secondary N) is 1. The summed E-state index contributed by atoms with van der Waals surface area (Å²) in [6.45, 7) is 8.45. The standard InChI is InChI=1S/C17H28N2O/c1-13(2)7-8-14(3)18-11-12-19-16-6-4-5-15(16)9-10-17(19)20/h9-10,13-14,18H,4-8,11-12H2,1-3H3. The average Bonchev–Trinajstić information content (AvgIpc) is 2.87. The Morgan fingerprint density at radius 2 is 2.00 bits per heavy atom. The van der Waals surface area contributed by atoms with E-state index in [1.165, 1.54) is 30.5 Å². The molecule has 0 bridgehead atoms. The molecule has 1 unspecified atom stereocenters. The van der Waals surface area contributed by atoms with Crippen LogP contribution in [0.1, 0.15) is 51.3 Å². The van der Waals surface area contributed by atoms with Crippen LogP contribution in [0.3, 0.4) is 0 Å². The Kier molecular flexibility index (Phi) is 5.41. The highest BCUT2D eigenvalue weighted by molar-refractivity contribution is 5.25. The Hall–Kier alpha value is -1.09. The molecule has 20 heavy (non-hydrogen) atoms. The molecule has 3 heteroatoms. The van der Waals surface area contributed by atoms with Gasteiger partial charge in [0.05, 0.1) is 0 Å². The van der Waals surface area contributed by atoms with Gasteiger partial charge < -0.3 is 9.88 Å². The maximum atomic E-state index is 12.0. The zero-order valence-corrected chi connectivity index (χ0v) is 13.1. The quantitative estimate of drug-likeness (QED) is 0.831. The second-order valence-corrected chi connectivity index (χ2v) is 6.48. The van der Waals surface area contributed by atoms with E-state index in [2.05, 4.69) is 26.1 Å². The minimum Gasteiger partial charge on any atom is -0.312 e. The molecule has 0 aromatic carbocycles. The van der Waals surface area contributed by atoms with Crippen molar-refractivity contribution in [3.05, 3.63) is 33.7 Å². The summed E-state index contributed by atoms with van der Waals surface area (Å²) in [7, 11) is 0. The maximum Gasteiger partial charge on any atom is 0.250 e. The van der Waals surface area contributed by atoms with Crippen molar-refractivity contribution in [2.24, 2.45) is 5.92 Å². The summed E-state index contributed by atoms with van der Waals surface area (Å²) in [5, 5.41) is 3.55. The summed E-state index contributed by atoms with van der Waals surface area (Å²) in [6, 6.07) is 4.27. The van der Waals surface area contributed by atoms with E-state index in [0.29, 0.717) is 6.04 Å². The minimum absolute atomic E-state index is 0.155. The first-order valence-electron chi connectivity index (χ1n) is 8.03. The lowest BCUT2D eigenvalue weighted by Crippen LogP contribution is -2.33. The van der Waals surface area contributed by atoms with Crippen molar-refractivity contribution in [1.82, 2.24) is 9.88 Å². The zero-order valence-electron chi connectivity index (χ0n) is 13.1. The van der Waals surface area contributed by atoms with Crippen LogP contribution < -0.4 is 10.9 Å². The predicted molar refractivity (Wildman–Crippen MR) is 84.3 cm³/mol. The molecule has 2 rings (SSSR count). The Morgan fingerprint density at radius 3 is 2.75 bits per heavy atom. The first-order valence-corrected chi connectivity index (χ1v) is 8.03. The van der Waals surface area contributed by atoms with Gasteiger partial charge in [-0.3, -0.25) is 4.79 Å². The number of hydrogen-bond donors (Lipinski definition) is 1. The Morgan fingerprint density at radius 1 is 1.20 bits per heavy atom. The summed E-state index contributed by atoms with van der Waals surface area (Å²) >= 11 is 0. The van der Waals surface area contributed by atoms with E-state index < -0.39 is 0 Å². The third-order valence-electron chi connectivity index (χ3n) is 4.25. The average molecular weight is 276 g/mol. The summed E-state index contributed by atoms with van der Waals surface area (Å²) in [5.41, 5.74) is 2.80. The van der Waals surface area contributed by atoms with Crippen molar-refractivity contribution in [2.45, 2.75) is 65.5 Å². The van der Waals surface area contributed by atoms with Gasteiger partial charge in [0.2, 0.25) is 0 Å². The van der Waals surface area contributed by atoms with Gasteiger partial charge >= 0.3 is 0 Å². The third-order valence-corrected chi connectivity index (χ3v) is 4.25. The molecule has 1 aromatic rings. The van der Waals surface area contributed by atoms with Crippen molar-refractivity contribution in [3.63, 3.8) is 0 Å². The predicted octanol–water partition coefficient (Wildman–Crippen LogP) is 2.75. The van der Waals surface area contributed by atoms with Gasteiger partial charge in [-0.2, -0.15) is 0 Å². The van der Waals surface area contributed by atoms with Crippen molar-refractivity contribution in [3.8, 4) is 0 Å². The molecule has 0 radical (unpaired) electrons. The van der Waals surface area contributed by atoms with Crippen LogP contribution in [0.5, 0.6) is 0 Å². The third kappa shape index (κ3) is 3.95. The summed E-state index contributed by atoms with van der Waals surface area (Å²) in [5.74, 6) is 0.763. The molecule has 1 aliphatic rings. The molecule has 1 atom stereocenters. The first kappa shape index (κ1) is 15.3. The molecule has 112 valence electrons. The Balaban J connectivity index is 1.86. The number of pyridine rings is 1. The molecule has 3 nitrogen and oxygen atoms in total. The molecular weight excluding hydrogens is 248 g/mol. The lowest BCUT2D eigenvalue weighted by molar-refractivity contribution is 0.437. The van der Waals surface area contributed by atoms with Gasteiger partial charge in [0.1, 0.15) is 0 Å². The Labute approximate surface area is 122 Å². The fourth-order valence-corrected chi connectivity index (χ4v) is 2.99. The van der Waals surface area contributed by atoms with E-state index >= 15 is 0 Å². The molecule has 0 fully saturated rings. The fourth-order valence-electron chi connectivity index (χ4n) is 2.99. The largest absolute Gasteiger partial charge is 0.312 e. The second-order valence-electron chi connectivity index (χ2n) is 6.48. The molecule has 1 aromatic heterocycles. The number of fused-ring (bicyclic) bond motifs is 1. The lowest BCUT2D eigenvalue weighted by atomic mass is 10.0. The molecule has 0 saturated heterocycles. The van der Waals surface area contributed by atoms with Crippen LogP contribution in [-0.4, -0.2) is 17.2 Å². The van der Waals surface area contributed by atoms with Crippen LogP contribution in [0.15, 0.2) is 16.9 Å². The van der Waals surface area contributed by atoms with Crippen LogP contribution in [0, 0.1) is 5.92 Å². The van der Waals surface area contributed by atoms with Gasteiger partial charge in [-0.05, 0) is 50.5 Å². The smallest absolute Gasteiger partial charge is 0.250 e. The van der Waals surface area contributed by atoms with E-state index in [0.717, 1.165) is 31.8 Å². The van der Waals surface area contributed by atoms with E-state index in [9.17, 15) is 4.79 Å². The molecule has 1 heterocycles. The molecule has 0 saturated carbocycles. The van der Waals surface area contributed by atoms with Crippen LogP contribution in [0.4, 0.5) is 0 Å². The zero-order chi connectivity index (χ0) is 14.5. The fraction of sp³-hybridized carbons (Fsp3) is 0.706. The molecule has 1 aliphatic carbocycles. The van der Waals surface area contributed by atoms with E-state index in [1.54, 1.807) is 6.07 Å². The van der Waals surface area contributed by atoms with E-state index in [4.69, 9.17) is 0 Å². The van der Waals surface area contributed by atoms with Crippen LogP contribution >= 0.6 is 0 Å². The molecular formula is C17H28N2O. The van der Waals surface area contributed by atoms with Gasteiger partial charge in [0.15, 0.2) is 0 Å². The molecule has 0 aliphatic heterocycles. The van der Waals surface area contributed by atoms with Crippen LogP contribution in [-0.2, 0) is 19.4 Å². The lowest BCUT2D eigenvalue weighted by Gasteiger charge is -2.17. The number of aryl methyl sites for hydroxylation is 1. The number of hydrogen-bond acceptors (Lipinski definition) is 2. The van der Waals surface area contributed by atoms with Crippen molar-refractivity contribution >= 4 is 0 Å². The number of nitrogens with zero attached hydrogens (tertiary/aromatic N) is 1. The highest BCUT2D eigenvalue weighted by Crippen LogP contribution is 2.19. The van der Waals surface area contributed by atoms with E-state index in [-0.39, 0.29) is 5.56 Å². The minimum atomic E-state index is 0.155. The van der Waals surface area contributed by atoms with Crippen molar-refractivity contribution in [1.29, 1.82) is 0 Å². The second kappa shape index (κ2) is 7.07. The van der Waals surface area contributed by atoms with Crippen molar-refractivity contribution < 1.29 is 0 Å². The maximum absolute atomic E-state index is 12.0. The first-order chi connectivity index (χ1) is 9.58. The molecule has 0 amide bonds. The molecule has 0 spiro atoms. The highest BCUT2D eigenvalue weighted by atomic mass is 16.1. The SMILES string of the molecule is CC(C)CCC(C)NCCn1c2c(ccc1=O)CCC2. The summed E-state index contributed by atoms with van der Waals surface area (Å²) < 4.78 is 1.98. The van der Waals surface area contributed by atoms with Gasteiger partial charge in [0.25, 0.3) is 5.56 Å². The van der Waals surface area contributed by atoms with Crippen LogP contribution in [0.25, 0.3) is 0 Å².